The highest BCUT2D eigenvalue weighted by Gasteiger charge is 2.14. The Morgan fingerprint density at radius 1 is 1.16 bits per heavy atom. The first kappa shape index (κ1) is 14.2. The normalized spacial score (nSPS) is 14.1. The molecule has 0 saturated heterocycles. The fourth-order valence-corrected chi connectivity index (χ4v) is 2.43. The van der Waals surface area contributed by atoms with Gasteiger partial charge >= 0.3 is 0 Å². The van der Waals surface area contributed by atoms with Crippen LogP contribution in [0.15, 0.2) is 53.1 Å². The zero-order chi connectivity index (χ0) is 13.7. The van der Waals surface area contributed by atoms with Gasteiger partial charge in [-0.1, -0.05) is 41.1 Å². The third-order valence-electron chi connectivity index (χ3n) is 3.26. The third kappa shape index (κ3) is 3.88. The summed E-state index contributed by atoms with van der Waals surface area (Å²) in [5, 5.41) is 3.64. The third-order valence-corrected chi connectivity index (χ3v) is 3.79. The van der Waals surface area contributed by atoms with Crippen LogP contribution in [-0.2, 0) is 0 Å². The summed E-state index contributed by atoms with van der Waals surface area (Å²) in [7, 11) is 0. The van der Waals surface area contributed by atoms with E-state index in [1.165, 1.54) is 5.56 Å². The number of pyridine rings is 1. The van der Waals surface area contributed by atoms with Gasteiger partial charge in [-0.25, -0.2) is 0 Å². The Labute approximate surface area is 123 Å². The predicted octanol–water partition coefficient (Wildman–Crippen LogP) is 4.65. The molecule has 1 N–H and O–H groups in total. The predicted molar refractivity (Wildman–Crippen MR) is 83.0 cm³/mol. The van der Waals surface area contributed by atoms with Crippen LogP contribution in [0, 0.1) is 0 Å². The molecule has 1 heterocycles. The number of rotatable bonds is 5. The van der Waals surface area contributed by atoms with E-state index in [1.807, 2.05) is 18.3 Å². The molecule has 0 aliphatic carbocycles. The molecule has 0 amide bonds. The molecule has 3 heteroatoms. The summed E-state index contributed by atoms with van der Waals surface area (Å²) < 4.78 is 1.11. The summed E-state index contributed by atoms with van der Waals surface area (Å²) in [5.41, 5.74) is 2.39. The van der Waals surface area contributed by atoms with E-state index in [1.54, 1.807) is 0 Å². The van der Waals surface area contributed by atoms with Crippen molar-refractivity contribution in [1.82, 2.24) is 10.3 Å². The topological polar surface area (TPSA) is 24.9 Å². The van der Waals surface area contributed by atoms with Crippen LogP contribution in [0.5, 0.6) is 0 Å². The van der Waals surface area contributed by atoms with E-state index in [2.05, 4.69) is 70.4 Å². The number of hydrogen-bond donors (Lipinski definition) is 1. The second kappa shape index (κ2) is 6.83. The molecule has 2 rings (SSSR count). The van der Waals surface area contributed by atoms with Crippen molar-refractivity contribution in [3.05, 3.63) is 64.4 Å². The maximum atomic E-state index is 4.40. The first-order valence-corrected chi connectivity index (χ1v) is 7.42. The number of halogens is 1. The van der Waals surface area contributed by atoms with Gasteiger partial charge in [0.15, 0.2) is 0 Å². The highest BCUT2D eigenvalue weighted by atomic mass is 79.9. The average Bonchev–Trinajstić information content (AvgIpc) is 2.46. The number of benzene rings is 1. The molecule has 0 aliphatic heterocycles. The standard InChI is InChI=1S/C16H19BrN2/c1-3-15(13-7-9-14(17)10-8-13)19-12(2)16-6-4-5-11-18-16/h4-12,15,19H,3H2,1-2H3/t12-,15?/m0/s1. The minimum absolute atomic E-state index is 0.245. The van der Waals surface area contributed by atoms with Gasteiger partial charge in [0.05, 0.1) is 5.69 Å². The maximum absolute atomic E-state index is 4.40. The van der Waals surface area contributed by atoms with Crippen molar-refractivity contribution in [3.63, 3.8) is 0 Å². The van der Waals surface area contributed by atoms with Crippen molar-refractivity contribution in [2.24, 2.45) is 0 Å². The minimum atomic E-state index is 0.245. The van der Waals surface area contributed by atoms with Gasteiger partial charge in [-0.2, -0.15) is 0 Å². The first-order valence-electron chi connectivity index (χ1n) is 6.63. The van der Waals surface area contributed by atoms with E-state index in [4.69, 9.17) is 0 Å². The molecule has 0 spiro atoms. The van der Waals surface area contributed by atoms with Gasteiger partial charge < -0.3 is 5.32 Å². The lowest BCUT2D eigenvalue weighted by atomic mass is 10.0. The quantitative estimate of drug-likeness (QED) is 0.868. The van der Waals surface area contributed by atoms with Crippen molar-refractivity contribution in [2.75, 3.05) is 0 Å². The van der Waals surface area contributed by atoms with Gasteiger partial charge in [-0.3, -0.25) is 4.98 Å². The molecular formula is C16H19BrN2. The summed E-state index contributed by atoms with van der Waals surface area (Å²) in [6.45, 7) is 4.36. The van der Waals surface area contributed by atoms with Gasteiger partial charge in [0.1, 0.15) is 0 Å². The van der Waals surface area contributed by atoms with Gasteiger partial charge in [0.2, 0.25) is 0 Å². The van der Waals surface area contributed by atoms with Crippen LogP contribution in [0.3, 0.4) is 0 Å². The Morgan fingerprint density at radius 2 is 1.89 bits per heavy atom. The van der Waals surface area contributed by atoms with Crippen molar-refractivity contribution >= 4 is 15.9 Å². The van der Waals surface area contributed by atoms with Crippen molar-refractivity contribution in [2.45, 2.75) is 32.4 Å². The Hall–Kier alpha value is -1.19. The van der Waals surface area contributed by atoms with Crippen molar-refractivity contribution in [3.8, 4) is 0 Å². The van der Waals surface area contributed by atoms with Crippen LogP contribution < -0.4 is 5.32 Å². The Bertz CT molecular complexity index is 496. The number of nitrogens with one attached hydrogen (secondary N) is 1. The molecule has 100 valence electrons. The van der Waals surface area contributed by atoms with Crippen LogP contribution in [-0.4, -0.2) is 4.98 Å². The fourth-order valence-electron chi connectivity index (χ4n) is 2.16. The highest BCUT2D eigenvalue weighted by molar-refractivity contribution is 9.10. The van der Waals surface area contributed by atoms with Crippen LogP contribution in [0.1, 0.15) is 43.6 Å². The second-order valence-corrected chi connectivity index (χ2v) is 5.57. The molecule has 0 aliphatic rings. The highest BCUT2D eigenvalue weighted by Crippen LogP contribution is 2.22. The van der Waals surface area contributed by atoms with E-state index < -0.39 is 0 Å². The van der Waals surface area contributed by atoms with Crippen molar-refractivity contribution < 1.29 is 0 Å². The number of nitrogens with zero attached hydrogens (tertiary/aromatic N) is 1. The summed E-state index contributed by atoms with van der Waals surface area (Å²) in [5.74, 6) is 0. The molecular weight excluding hydrogens is 300 g/mol. The van der Waals surface area contributed by atoms with Crippen molar-refractivity contribution in [1.29, 1.82) is 0 Å². The van der Waals surface area contributed by atoms with Crippen LogP contribution in [0.25, 0.3) is 0 Å². The van der Waals surface area contributed by atoms with Crippen LogP contribution >= 0.6 is 15.9 Å². The lowest BCUT2D eigenvalue weighted by Crippen LogP contribution is -2.24. The Morgan fingerprint density at radius 3 is 2.47 bits per heavy atom. The first-order chi connectivity index (χ1) is 9.20. The monoisotopic (exact) mass is 318 g/mol. The summed E-state index contributed by atoms with van der Waals surface area (Å²) >= 11 is 3.47. The average molecular weight is 319 g/mol. The summed E-state index contributed by atoms with van der Waals surface area (Å²) in [6, 6.07) is 15.1. The van der Waals surface area contributed by atoms with Gasteiger partial charge in [-0.05, 0) is 43.2 Å². The molecule has 0 fully saturated rings. The zero-order valence-corrected chi connectivity index (χ0v) is 12.9. The molecule has 1 unspecified atom stereocenters. The molecule has 1 aromatic heterocycles. The molecule has 2 nitrogen and oxygen atoms in total. The SMILES string of the molecule is CCC(N[C@@H](C)c1ccccn1)c1ccc(Br)cc1. The van der Waals surface area contributed by atoms with Gasteiger partial charge in [0.25, 0.3) is 0 Å². The molecule has 0 radical (unpaired) electrons. The summed E-state index contributed by atoms with van der Waals surface area (Å²) in [6.07, 6.45) is 2.90. The lowest BCUT2D eigenvalue weighted by molar-refractivity contribution is 0.450. The van der Waals surface area contributed by atoms with E-state index in [0.29, 0.717) is 6.04 Å². The van der Waals surface area contributed by atoms with E-state index in [0.717, 1.165) is 16.6 Å². The molecule has 0 saturated carbocycles. The zero-order valence-electron chi connectivity index (χ0n) is 11.3. The summed E-state index contributed by atoms with van der Waals surface area (Å²) in [4.78, 5) is 4.40. The van der Waals surface area contributed by atoms with E-state index >= 15 is 0 Å². The fraction of sp³-hybridized carbons (Fsp3) is 0.312. The Balaban J connectivity index is 2.09. The maximum Gasteiger partial charge on any atom is 0.0570 e. The second-order valence-electron chi connectivity index (χ2n) is 4.66. The molecule has 0 bridgehead atoms. The molecule has 2 atom stereocenters. The van der Waals surface area contributed by atoms with Crippen LogP contribution in [0.2, 0.25) is 0 Å². The lowest BCUT2D eigenvalue weighted by Gasteiger charge is -2.22. The smallest absolute Gasteiger partial charge is 0.0570 e. The molecule has 2 aromatic rings. The van der Waals surface area contributed by atoms with Gasteiger partial charge in [-0.15, -0.1) is 0 Å². The minimum Gasteiger partial charge on any atom is -0.302 e. The largest absolute Gasteiger partial charge is 0.302 e. The Kier molecular flexibility index (Phi) is 5.11. The number of hydrogen-bond acceptors (Lipinski definition) is 2. The number of aromatic nitrogens is 1. The van der Waals surface area contributed by atoms with Gasteiger partial charge in [0, 0.05) is 22.8 Å². The molecule has 1 aromatic carbocycles. The van der Waals surface area contributed by atoms with E-state index in [-0.39, 0.29) is 6.04 Å². The van der Waals surface area contributed by atoms with E-state index in [9.17, 15) is 0 Å². The molecule has 19 heavy (non-hydrogen) atoms. The van der Waals surface area contributed by atoms with Crippen LogP contribution in [0.4, 0.5) is 0 Å².